The molecule has 0 aliphatic rings. The largest absolute Gasteiger partial charge is 0.307 e. The second kappa shape index (κ2) is 7.50. The Morgan fingerprint density at radius 2 is 1.97 bits per heavy atom. The molecule has 0 spiro atoms. The lowest BCUT2D eigenvalue weighted by Crippen LogP contribution is -2.17. The normalized spacial score (nSPS) is 11.2. The summed E-state index contributed by atoms with van der Waals surface area (Å²) in [6.45, 7) is 4.11. The molecule has 1 N–H and O–H groups in total. The number of rotatable bonds is 4. The molecule has 0 atom stereocenters. The van der Waals surface area contributed by atoms with Crippen LogP contribution in [0.25, 0.3) is 11.0 Å². The highest BCUT2D eigenvalue weighted by atomic mass is 35.5. The van der Waals surface area contributed by atoms with Gasteiger partial charge in [-0.15, -0.1) is 0 Å². The van der Waals surface area contributed by atoms with Crippen molar-refractivity contribution in [3.05, 3.63) is 69.1 Å². The summed E-state index contributed by atoms with van der Waals surface area (Å²) < 4.78 is 3.36. The molecular formula is C20H18Cl2N6O. The van der Waals surface area contributed by atoms with Crippen molar-refractivity contribution >= 4 is 46.0 Å². The van der Waals surface area contributed by atoms with Crippen LogP contribution >= 0.6 is 23.2 Å². The zero-order valence-electron chi connectivity index (χ0n) is 16.1. The first-order valence-corrected chi connectivity index (χ1v) is 9.67. The number of carbonyl (C=O) groups is 1. The highest BCUT2D eigenvalue weighted by molar-refractivity contribution is 6.35. The number of aromatic nitrogens is 5. The molecule has 1 amide bonds. The van der Waals surface area contributed by atoms with Gasteiger partial charge in [0.1, 0.15) is 5.82 Å². The van der Waals surface area contributed by atoms with Crippen LogP contribution in [-0.4, -0.2) is 30.5 Å². The average Bonchev–Trinajstić information content (AvgIpc) is 3.21. The number of nitrogens with zero attached hydrogens (tertiary/aromatic N) is 5. The van der Waals surface area contributed by atoms with E-state index in [0.29, 0.717) is 33.6 Å². The summed E-state index contributed by atoms with van der Waals surface area (Å²) in [4.78, 5) is 17.6. The molecule has 9 heteroatoms. The van der Waals surface area contributed by atoms with Gasteiger partial charge in [0.25, 0.3) is 5.91 Å². The molecule has 3 aromatic heterocycles. The number of benzene rings is 1. The first-order valence-electron chi connectivity index (χ1n) is 8.91. The molecule has 4 aromatic rings. The fraction of sp³-hybridized carbons (Fsp3) is 0.200. The van der Waals surface area contributed by atoms with E-state index in [9.17, 15) is 4.79 Å². The molecule has 29 heavy (non-hydrogen) atoms. The molecule has 0 radical (unpaired) electrons. The first kappa shape index (κ1) is 19.4. The number of halogens is 2. The highest BCUT2D eigenvalue weighted by Gasteiger charge is 2.19. The summed E-state index contributed by atoms with van der Waals surface area (Å²) in [6, 6.07) is 8.80. The third-order valence-electron chi connectivity index (χ3n) is 4.63. The number of carbonyl (C=O) groups excluding carboxylic acids is 1. The molecule has 0 saturated carbocycles. The molecule has 0 bridgehead atoms. The molecular weight excluding hydrogens is 411 g/mol. The number of aryl methyl sites for hydroxylation is 3. The smallest absolute Gasteiger partial charge is 0.257 e. The fourth-order valence-electron chi connectivity index (χ4n) is 3.31. The van der Waals surface area contributed by atoms with Gasteiger partial charge in [0.2, 0.25) is 0 Å². The lowest BCUT2D eigenvalue weighted by molar-refractivity contribution is 0.102. The van der Waals surface area contributed by atoms with Gasteiger partial charge in [-0.25, -0.2) is 9.67 Å². The molecule has 0 saturated heterocycles. The maximum absolute atomic E-state index is 13.1. The van der Waals surface area contributed by atoms with E-state index in [1.807, 2.05) is 27.0 Å². The summed E-state index contributed by atoms with van der Waals surface area (Å²) in [5.41, 5.74) is 3.54. The van der Waals surface area contributed by atoms with Crippen LogP contribution in [-0.2, 0) is 13.6 Å². The quantitative estimate of drug-likeness (QED) is 0.522. The number of hydrogen-bond acceptors (Lipinski definition) is 4. The van der Waals surface area contributed by atoms with Crippen LogP contribution in [0, 0.1) is 13.8 Å². The Morgan fingerprint density at radius 1 is 1.17 bits per heavy atom. The zero-order valence-corrected chi connectivity index (χ0v) is 17.6. The number of hydrogen-bond donors (Lipinski definition) is 1. The lowest BCUT2D eigenvalue weighted by atomic mass is 10.1. The Hall–Kier alpha value is -2.90. The fourth-order valence-corrected chi connectivity index (χ4v) is 3.78. The molecule has 4 rings (SSSR count). The minimum Gasteiger partial charge on any atom is -0.307 e. The minimum absolute atomic E-state index is 0.249. The number of nitrogens with one attached hydrogen (secondary N) is 1. The van der Waals surface area contributed by atoms with E-state index >= 15 is 0 Å². The van der Waals surface area contributed by atoms with E-state index in [4.69, 9.17) is 23.2 Å². The Labute approximate surface area is 177 Å². The van der Waals surface area contributed by atoms with Crippen molar-refractivity contribution in [1.82, 2.24) is 24.5 Å². The molecule has 0 aliphatic heterocycles. The van der Waals surface area contributed by atoms with Gasteiger partial charge < -0.3 is 5.32 Å². The molecule has 7 nitrogen and oxygen atoms in total. The van der Waals surface area contributed by atoms with Gasteiger partial charge in [0.15, 0.2) is 5.65 Å². The van der Waals surface area contributed by atoms with Gasteiger partial charge >= 0.3 is 0 Å². The van der Waals surface area contributed by atoms with E-state index in [-0.39, 0.29) is 5.91 Å². The van der Waals surface area contributed by atoms with Crippen LogP contribution in [0.2, 0.25) is 10.0 Å². The zero-order chi connectivity index (χ0) is 20.7. The van der Waals surface area contributed by atoms with Crippen LogP contribution in [0.3, 0.4) is 0 Å². The van der Waals surface area contributed by atoms with Gasteiger partial charge in [-0.3, -0.25) is 9.48 Å². The SMILES string of the molecule is Cc1cc(C(=O)Nc2ccnn2Cc2ccc(Cl)cc2Cl)c2c(C)nn(C)c2n1. The maximum Gasteiger partial charge on any atom is 0.257 e. The van der Waals surface area contributed by atoms with Gasteiger partial charge in [0, 0.05) is 28.9 Å². The van der Waals surface area contributed by atoms with Crippen LogP contribution in [0.15, 0.2) is 36.5 Å². The topological polar surface area (TPSA) is 77.6 Å². The maximum atomic E-state index is 13.1. The predicted molar refractivity (Wildman–Crippen MR) is 114 cm³/mol. The van der Waals surface area contributed by atoms with Gasteiger partial charge in [0.05, 0.1) is 29.4 Å². The van der Waals surface area contributed by atoms with Crippen molar-refractivity contribution in [3.63, 3.8) is 0 Å². The minimum atomic E-state index is -0.249. The van der Waals surface area contributed by atoms with Crippen molar-refractivity contribution < 1.29 is 4.79 Å². The Morgan fingerprint density at radius 3 is 2.72 bits per heavy atom. The number of anilines is 1. The number of fused-ring (bicyclic) bond motifs is 1. The van der Waals surface area contributed by atoms with E-state index in [1.54, 1.807) is 39.8 Å². The Balaban J connectivity index is 1.66. The third-order valence-corrected chi connectivity index (χ3v) is 5.22. The summed E-state index contributed by atoms with van der Waals surface area (Å²) in [5.74, 6) is 0.311. The summed E-state index contributed by atoms with van der Waals surface area (Å²) >= 11 is 12.2. The predicted octanol–water partition coefficient (Wildman–Crippen LogP) is 4.39. The monoisotopic (exact) mass is 428 g/mol. The van der Waals surface area contributed by atoms with E-state index in [2.05, 4.69) is 20.5 Å². The molecule has 0 unspecified atom stereocenters. The van der Waals surface area contributed by atoms with Crippen LogP contribution in [0.5, 0.6) is 0 Å². The third kappa shape index (κ3) is 3.71. The Bertz CT molecular complexity index is 1240. The van der Waals surface area contributed by atoms with Crippen molar-refractivity contribution in [2.45, 2.75) is 20.4 Å². The second-order valence-electron chi connectivity index (χ2n) is 6.78. The molecule has 3 heterocycles. The first-order chi connectivity index (χ1) is 13.8. The van der Waals surface area contributed by atoms with Crippen LogP contribution in [0.1, 0.15) is 27.3 Å². The van der Waals surface area contributed by atoms with E-state index in [0.717, 1.165) is 22.3 Å². The summed E-state index contributed by atoms with van der Waals surface area (Å²) in [6.07, 6.45) is 1.63. The standard InChI is InChI=1S/C20H18Cl2N6O/c1-11-8-15(18-12(2)26-27(3)19(18)24-11)20(29)25-17-6-7-23-28(17)10-13-4-5-14(21)9-16(13)22/h4-9H,10H2,1-3H3,(H,25,29). The number of amides is 1. The molecule has 0 aliphatic carbocycles. The van der Waals surface area contributed by atoms with Gasteiger partial charge in [-0.05, 0) is 37.6 Å². The molecule has 0 fully saturated rings. The molecule has 1 aromatic carbocycles. The van der Waals surface area contributed by atoms with E-state index in [1.165, 1.54) is 0 Å². The highest BCUT2D eigenvalue weighted by Crippen LogP contribution is 2.25. The van der Waals surface area contributed by atoms with Crippen molar-refractivity contribution in [3.8, 4) is 0 Å². The van der Waals surface area contributed by atoms with Crippen LogP contribution < -0.4 is 5.32 Å². The van der Waals surface area contributed by atoms with Gasteiger partial charge in [-0.1, -0.05) is 29.3 Å². The van der Waals surface area contributed by atoms with Crippen molar-refractivity contribution in [1.29, 1.82) is 0 Å². The second-order valence-corrected chi connectivity index (χ2v) is 7.63. The number of pyridine rings is 1. The van der Waals surface area contributed by atoms with Gasteiger partial charge in [-0.2, -0.15) is 10.2 Å². The summed E-state index contributed by atoms with van der Waals surface area (Å²) in [7, 11) is 1.81. The van der Waals surface area contributed by atoms with E-state index < -0.39 is 0 Å². The average molecular weight is 429 g/mol. The van der Waals surface area contributed by atoms with Crippen molar-refractivity contribution in [2.24, 2.45) is 7.05 Å². The molecule has 148 valence electrons. The van der Waals surface area contributed by atoms with Crippen molar-refractivity contribution in [2.75, 3.05) is 5.32 Å². The lowest BCUT2D eigenvalue weighted by Gasteiger charge is -2.11. The van der Waals surface area contributed by atoms with Crippen LogP contribution in [0.4, 0.5) is 5.82 Å². The Kier molecular flexibility index (Phi) is 5.02. The summed E-state index contributed by atoms with van der Waals surface area (Å²) in [5, 5.41) is 13.5.